The highest BCUT2D eigenvalue weighted by molar-refractivity contribution is 6.06. The summed E-state index contributed by atoms with van der Waals surface area (Å²) in [5.41, 5.74) is 18.7. The second kappa shape index (κ2) is 21.8. The van der Waals surface area contributed by atoms with Crippen molar-refractivity contribution in [3.05, 3.63) is 35.2 Å². The summed E-state index contributed by atoms with van der Waals surface area (Å²) in [7, 11) is 0. The summed E-state index contributed by atoms with van der Waals surface area (Å²) in [6, 6.07) is 0. The number of carbonyl (C=O) groups is 1. The molecule has 1 amide bonds. The van der Waals surface area contributed by atoms with Gasteiger partial charge in [-0.2, -0.15) is 0 Å². The summed E-state index contributed by atoms with van der Waals surface area (Å²) >= 11 is 0. The zero-order chi connectivity index (χ0) is 24.8. The summed E-state index contributed by atoms with van der Waals surface area (Å²) in [6.45, 7) is 18.2. The maximum Gasteiger partial charge on any atom is 0.280 e. The molecule has 0 bridgehead atoms. The van der Waals surface area contributed by atoms with E-state index < -0.39 is 5.91 Å². The number of nitrogens with zero attached hydrogens (tertiary/aromatic N) is 3. The molecule has 1 heterocycles. The van der Waals surface area contributed by atoms with E-state index in [2.05, 4.69) is 32.4 Å². The number of allylic oxidation sites excluding steroid dienone is 4. The molecule has 8 nitrogen and oxygen atoms in total. The van der Waals surface area contributed by atoms with Gasteiger partial charge in [0.25, 0.3) is 5.91 Å². The number of nitrogen functional groups attached to an aromatic ring is 2. The van der Waals surface area contributed by atoms with Crippen LogP contribution in [0, 0.1) is 6.92 Å². The van der Waals surface area contributed by atoms with Crippen LogP contribution in [0.2, 0.25) is 0 Å². The lowest BCUT2D eigenvalue weighted by atomic mass is 10.1. The van der Waals surface area contributed by atoms with E-state index in [1.807, 2.05) is 61.5 Å². The smallest absolute Gasteiger partial charge is 0.280 e. The van der Waals surface area contributed by atoms with E-state index >= 15 is 0 Å². The number of amides is 1. The topological polar surface area (TPSA) is 145 Å². The van der Waals surface area contributed by atoms with Crippen LogP contribution in [0.1, 0.15) is 90.8 Å². The molecule has 0 spiro atoms. The molecule has 0 aromatic carbocycles. The van der Waals surface area contributed by atoms with Crippen LogP contribution in [0.5, 0.6) is 0 Å². The quantitative estimate of drug-likeness (QED) is 0.210. The van der Waals surface area contributed by atoms with Gasteiger partial charge in [-0.1, -0.05) is 65.3 Å². The van der Waals surface area contributed by atoms with E-state index in [0.29, 0.717) is 12.2 Å². The van der Waals surface area contributed by atoms with Crippen LogP contribution >= 0.6 is 0 Å². The van der Waals surface area contributed by atoms with Gasteiger partial charge in [0.15, 0.2) is 17.5 Å². The van der Waals surface area contributed by atoms with Crippen LogP contribution in [0.3, 0.4) is 0 Å². The fourth-order valence-electron chi connectivity index (χ4n) is 2.11. The van der Waals surface area contributed by atoms with Crippen molar-refractivity contribution in [2.75, 3.05) is 18.0 Å². The number of guanidine groups is 1. The summed E-state index contributed by atoms with van der Waals surface area (Å²) in [5.74, 6) is -0.385. The Hall–Kier alpha value is -2.90. The zero-order valence-electron chi connectivity index (χ0n) is 21.0. The molecule has 0 aliphatic heterocycles. The highest BCUT2D eigenvalue weighted by Crippen LogP contribution is 2.11. The standard InChI is InChI=1S/C17H27N7O.3C2H6/c1-4-8-12(5-2)9-6-7-10-21-17(20)24-16(25)13-15(19)23-14(18)11(3)22-13;3*1-2/h4-5,8H,6-7,9-10H2,1-3H3,(H4,18,19,23)(H3,20,21,24,25);3*1-2H3/b8-4-,12-5+;;;. The summed E-state index contributed by atoms with van der Waals surface area (Å²) in [6.07, 6.45) is 9.06. The van der Waals surface area contributed by atoms with Gasteiger partial charge in [-0.25, -0.2) is 9.97 Å². The van der Waals surface area contributed by atoms with Crippen molar-refractivity contribution >= 4 is 23.5 Å². The Labute approximate surface area is 189 Å². The third-order valence-electron chi connectivity index (χ3n) is 3.50. The SMILES string of the molecule is C/C=C\C(=C/C)CCCCN=C(N)NC(=O)c1nc(C)c(N)nc1N.CC.CC.CC. The molecule has 1 aromatic rings. The molecule has 0 saturated carbocycles. The monoisotopic (exact) mass is 435 g/mol. The second-order valence-electron chi connectivity index (χ2n) is 5.47. The highest BCUT2D eigenvalue weighted by Gasteiger charge is 2.15. The summed E-state index contributed by atoms with van der Waals surface area (Å²) in [4.78, 5) is 24.2. The van der Waals surface area contributed by atoms with E-state index in [4.69, 9.17) is 17.2 Å². The molecule has 0 unspecified atom stereocenters. The summed E-state index contributed by atoms with van der Waals surface area (Å²) < 4.78 is 0. The molecule has 178 valence electrons. The van der Waals surface area contributed by atoms with Crippen molar-refractivity contribution in [2.24, 2.45) is 10.7 Å². The number of aliphatic imine (C=N–C) groups is 1. The number of unbranched alkanes of at least 4 members (excludes halogenated alkanes) is 1. The first-order chi connectivity index (χ1) is 14.9. The van der Waals surface area contributed by atoms with Gasteiger partial charge in [0, 0.05) is 6.54 Å². The Kier molecular flexibility index (Phi) is 23.0. The van der Waals surface area contributed by atoms with Crippen molar-refractivity contribution in [3.63, 3.8) is 0 Å². The molecule has 0 atom stereocenters. The number of carbonyl (C=O) groups excluding carboxylic acids is 1. The molecule has 1 rings (SSSR count). The molecule has 0 saturated heterocycles. The van der Waals surface area contributed by atoms with Crippen molar-refractivity contribution < 1.29 is 4.79 Å². The van der Waals surface area contributed by atoms with Crippen LogP contribution in [-0.4, -0.2) is 28.4 Å². The van der Waals surface area contributed by atoms with Crippen molar-refractivity contribution in [3.8, 4) is 0 Å². The van der Waals surface area contributed by atoms with Gasteiger partial charge < -0.3 is 17.2 Å². The number of aryl methyl sites for hydroxylation is 1. The van der Waals surface area contributed by atoms with Crippen LogP contribution in [0.25, 0.3) is 0 Å². The van der Waals surface area contributed by atoms with Crippen molar-refractivity contribution in [1.82, 2.24) is 15.3 Å². The molecule has 7 N–H and O–H groups in total. The predicted octanol–water partition coefficient (Wildman–Crippen LogP) is 4.77. The highest BCUT2D eigenvalue weighted by atomic mass is 16.2. The minimum Gasteiger partial charge on any atom is -0.382 e. The normalized spacial score (nSPS) is 10.7. The van der Waals surface area contributed by atoms with Gasteiger partial charge in [0.2, 0.25) is 0 Å². The second-order valence-corrected chi connectivity index (χ2v) is 5.47. The molecule has 0 radical (unpaired) electrons. The van der Waals surface area contributed by atoms with E-state index in [9.17, 15) is 4.79 Å². The van der Waals surface area contributed by atoms with E-state index in [0.717, 1.165) is 19.3 Å². The molecular weight excluding hydrogens is 390 g/mol. The maximum absolute atomic E-state index is 12.1. The summed E-state index contributed by atoms with van der Waals surface area (Å²) in [5, 5.41) is 2.46. The van der Waals surface area contributed by atoms with Gasteiger partial charge in [0.05, 0.1) is 5.69 Å². The Morgan fingerprint density at radius 3 is 2.10 bits per heavy atom. The number of rotatable bonds is 7. The third-order valence-corrected chi connectivity index (χ3v) is 3.50. The first-order valence-corrected chi connectivity index (χ1v) is 11.2. The van der Waals surface area contributed by atoms with Gasteiger partial charge in [-0.15, -0.1) is 0 Å². The van der Waals surface area contributed by atoms with E-state index in [1.165, 1.54) is 5.57 Å². The number of anilines is 2. The lowest BCUT2D eigenvalue weighted by Crippen LogP contribution is -2.38. The Bertz CT molecular complexity index is 695. The number of aromatic nitrogens is 2. The number of nitrogens with two attached hydrogens (primary N) is 3. The lowest BCUT2D eigenvalue weighted by Gasteiger charge is -2.08. The minimum absolute atomic E-state index is 0.0195. The number of hydrogen-bond donors (Lipinski definition) is 4. The molecule has 31 heavy (non-hydrogen) atoms. The van der Waals surface area contributed by atoms with Crippen molar-refractivity contribution in [1.29, 1.82) is 0 Å². The molecule has 0 fully saturated rings. The average molecular weight is 436 g/mol. The molecule has 1 aromatic heterocycles. The predicted molar refractivity (Wildman–Crippen MR) is 136 cm³/mol. The molecule has 0 aliphatic carbocycles. The molecule has 0 aliphatic rings. The van der Waals surface area contributed by atoms with Gasteiger partial charge in [-0.05, 0) is 40.0 Å². The Morgan fingerprint density at radius 1 is 1.00 bits per heavy atom. The average Bonchev–Trinajstić information content (AvgIpc) is 2.79. The zero-order valence-corrected chi connectivity index (χ0v) is 21.0. The number of hydrogen-bond acceptors (Lipinski definition) is 6. The van der Waals surface area contributed by atoms with Crippen LogP contribution in [0.4, 0.5) is 11.6 Å². The first kappa shape index (κ1) is 32.8. The van der Waals surface area contributed by atoms with Crippen LogP contribution < -0.4 is 22.5 Å². The van der Waals surface area contributed by atoms with Crippen LogP contribution in [-0.2, 0) is 0 Å². The minimum atomic E-state index is -0.557. The Balaban J connectivity index is -0.00000120. The van der Waals surface area contributed by atoms with Crippen LogP contribution in [0.15, 0.2) is 28.8 Å². The first-order valence-electron chi connectivity index (χ1n) is 11.2. The van der Waals surface area contributed by atoms with E-state index in [1.54, 1.807) is 6.92 Å². The van der Waals surface area contributed by atoms with Gasteiger partial charge in [-0.3, -0.25) is 15.1 Å². The fourth-order valence-corrected chi connectivity index (χ4v) is 2.11. The van der Waals surface area contributed by atoms with Gasteiger partial charge in [0.1, 0.15) is 5.82 Å². The lowest BCUT2D eigenvalue weighted by molar-refractivity contribution is 0.0972. The molecular formula is C23H45N7O. The molecule has 8 heteroatoms. The largest absolute Gasteiger partial charge is 0.382 e. The Morgan fingerprint density at radius 2 is 1.58 bits per heavy atom. The third kappa shape index (κ3) is 14.7. The number of nitrogens with one attached hydrogen (secondary N) is 1. The maximum atomic E-state index is 12.1. The fraction of sp³-hybridized carbons (Fsp3) is 0.565. The van der Waals surface area contributed by atoms with Gasteiger partial charge >= 0.3 is 0 Å². The van der Waals surface area contributed by atoms with E-state index in [-0.39, 0.29) is 23.3 Å². The van der Waals surface area contributed by atoms with Crippen molar-refractivity contribution in [2.45, 2.75) is 81.6 Å².